The Morgan fingerprint density at radius 2 is 2.00 bits per heavy atom. The summed E-state index contributed by atoms with van der Waals surface area (Å²) in [6.45, 7) is 1.75. The van der Waals surface area contributed by atoms with Gasteiger partial charge >= 0.3 is 0 Å². The quantitative estimate of drug-likeness (QED) is 0.221. The molecule has 0 fully saturated rings. The Morgan fingerprint density at radius 1 is 1.19 bits per heavy atom. The van der Waals surface area contributed by atoms with E-state index in [0.29, 0.717) is 41.0 Å². The summed E-state index contributed by atoms with van der Waals surface area (Å²) in [5.41, 5.74) is 3.41. The van der Waals surface area contributed by atoms with E-state index in [2.05, 4.69) is 10.3 Å². The third-order valence-electron chi connectivity index (χ3n) is 7.84. The number of rotatable bonds is 11. The minimum atomic E-state index is -1.18. The van der Waals surface area contributed by atoms with Crippen LogP contribution in [0.4, 0.5) is 0 Å². The number of carbonyl (C=O) groups excluding carboxylic acids is 2. The molecule has 1 aliphatic heterocycles. The molecule has 3 aromatic rings. The number of methoxy groups -OCH3 is 1. The van der Waals surface area contributed by atoms with Gasteiger partial charge in [-0.1, -0.05) is 31.2 Å². The fraction of sp³-hybridized carbons (Fsp3) is 0.375. The molecule has 1 aliphatic carbocycles. The molecule has 1 aromatic heterocycles. The molecule has 5 rings (SSSR count). The van der Waals surface area contributed by atoms with Crippen LogP contribution in [0.1, 0.15) is 36.1 Å². The summed E-state index contributed by atoms with van der Waals surface area (Å²) in [6, 6.07) is 12.5. The number of nitrogens with one attached hydrogen (secondary N) is 2. The van der Waals surface area contributed by atoms with Gasteiger partial charge < -0.3 is 40.0 Å². The number of fused-ring (bicyclic) bond motifs is 4. The van der Waals surface area contributed by atoms with E-state index in [9.17, 15) is 24.9 Å². The summed E-state index contributed by atoms with van der Waals surface area (Å²) in [5, 5.41) is 34.8. The summed E-state index contributed by atoms with van der Waals surface area (Å²) in [6.07, 6.45) is 3.97. The van der Waals surface area contributed by atoms with Crippen molar-refractivity contribution < 1.29 is 34.4 Å². The molecule has 5 N–H and O–H groups in total. The smallest absolute Gasteiger partial charge is 0.247 e. The van der Waals surface area contributed by atoms with E-state index in [4.69, 9.17) is 9.47 Å². The molecule has 4 atom stereocenters. The molecule has 2 aliphatic rings. The molecular formula is C32H37N3O7. The first-order valence-corrected chi connectivity index (χ1v) is 14.2. The van der Waals surface area contributed by atoms with Gasteiger partial charge in [0.05, 0.1) is 32.3 Å². The van der Waals surface area contributed by atoms with E-state index in [1.807, 2.05) is 37.3 Å². The van der Waals surface area contributed by atoms with Crippen LogP contribution >= 0.6 is 0 Å². The molecule has 2 heterocycles. The van der Waals surface area contributed by atoms with Crippen molar-refractivity contribution in [3.8, 4) is 11.5 Å². The van der Waals surface area contributed by atoms with Crippen molar-refractivity contribution in [1.82, 2.24) is 15.2 Å². The number of nitrogens with zero attached hydrogens (tertiary/aromatic N) is 1. The highest BCUT2D eigenvalue weighted by molar-refractivity contribution is 5.96. The molecule has 0 saturated carbocycles. The van der Waals surface area contributed by atoms with E-state index >= 15 is 0 Å². The number of hydrogen-bond acceptors (Lipinski definition) is 7. The number of hydrogen-bond donors (Lipinski definition) is 5. The van der Waals surface area contributed by atoms with Gasteiger partial charge in [0, 0.05) is 41.9 Å². The highest BCUT2D eigenvalue weighted by atomic mass is 16.5. The maximum atomic E-state index is 13.5. The average molecular weight is 576 g/mol. The van der Waals surface area contributed by atoms with E-state index < -0.39 is 30.1 Å². The number of carbonyl (C=O) groups is 2. The molecule has 0 radical (unpaired) electrons. The van der Waals surface area contributed by atoms with Crippen LogP contribution in [0.2, 0.25) is 0 Å². The van der Waals surface area contributed by atoms with Crippen LogP contribution in [0.25, 0.3) is 10.9 Å². The Balaban J connectivity index is 1.54. The number of amides is 2. The zero-order valence-corrected chi connectivity index (χ0v) is 23.7. The molecule has 2 amide bonds. The first kappa shape index (κ1) is 29.4. The number of aromatic amines is 1. The molecular weight excluding hydrogens is 538 g/mol. The Kier molecular flexibility index (Phi) is 8.96. The van der Waals surface area contributed by atoms with Crippen molar-refractivity contribution in [1.29, 1.82) is 0 Å². The standard InChI is InChI=1S/C32H37N3O7/c1-3-4-9-27(38)35(12-10-21-16-20-7-5-6-8-24(20)34-21)25-17-23(32(40)33-11-13-36)28-22-14-19(18-37)15-26(41-2)30(22)42-31(28)29(25)39/h4-9,14-17,25,28-29,31,34,36-37,39H,3,10-13,18H2,1-2H3,(H,33,40)/t25-,28+,29+,31+/m1/s1. The number of ether oxygens (including phenoxy) is 2. The van der Waals surface area contributed by atoms with Gasteiger partial charge in [0.25, 0.3) is 0 Å². The van der Waals surface area contributed by atoms with Gasteiger partial charge in [-0.15, -0.1) is 0 Å². The van der Waals surface area contributed by atoms with Gasteiger partial charge in [-0.3, -0.25) is 9.59 Å². The zero-order valence-electron chi connectivity index (χ0n) is 23.7. The molecule has 10 nitrogen and oxygen atoms in total. The number of benzene rings is 2. The lowest BCUT2D eigenvalue weighted by molar-refractivity contribution is -0.132. The minimum Gasteiger partial charge on any atom is -0.493 e. The van der Waals surface area contributed by atoms with Crippen molar-refractivity contribution >= 4 is 22.7 Å². The fourth-order valence-corrected chi connectivity index (χ4v) is 5.85. The molecule has 2 aromatic carbocycles. The third-order valence-corrected chi connectivity index (χ3v) is 7.84. The van der Waals surface area contributed by atoms with E-state index in [-0.39, 0.29) is 32.2 Å². The first-order valence-electron chi connectivity index (χ1n) is 14.2. The Hall–Kier alpha value is -4.12. The number of aliphatic hydroxyl groups excluding tert-OH is 3. The van der Waals surface area contributed by atoms with Gasteiger partial charge in [0.15, 0.2) is 11.5 Å². The fourth-order valence-electron chi connectivity index (χ4n) is 5.85. The Labute approximate surface area is 244 Å². The van der Waals surface area contributed by atoms with E-state index in [0.717, 1.165) is 16.6 Å². The highest BCUT2D eigenvalue weighted by Gasteiger charge is 2.51. The molecule has 0 spiro atoms. The van der Waals surface area contributed by atoms with Crippen LogP contribution < -0.4 is 14.8 Å². The lowest BCUT2D eigenvalue weighted by Crippen LogP contribution is -2.56. The molecule has 0 bridgehead atoms. The topological polar surface area (TPSA) is 144 Å². The number of aromatic nitrogens is 1. The number of H-pyrrole nitrogens is 1. The summed E-state index contributed by atoms with van der Waals surface area (Å²) < 4.78 is 11.8. The van der Waals surface area contributed by atoms with Crippen LogP contribution in [0.15, 0.2) is 66.3 Å². The molecule has 42 heavy (non-hydrogen) atoms. The minimum absolute atomic E-state index is 0.0385. The highest BCUT2D eigenvalue weighted by Crippen LogP contribution is 2.51. The monoisotopic (exact) mass is 575 g/mol. The van der Waals surface area contributed by atoms with E-state index in [1.54, 1.807) is 29.2 Å². The van der Waals surface area contributed by atoms with Crippen molar-refractivity contribution in [2.45, 2.75) is 50.5 Å². The van der Waals surface area contributed by atoms with Gasteiger partial charge in [-0.05, 0) is 53.8 Å². The second-order valence-electron chi connectivity index (χ2n) is 10.5. The molecule has 0 saturated heterocycles. The second-order valence-corrected chi connectivity index (χ2v) is 10.5. The van der Waals surface area contributed by atoms with Crippen molar-refractivity contribution in [3.05, 3.63) is 83.1 Å². The number of allylic oxidation sites excluding steroid dienone is 1. The predicted molar refractivity (Wildman–Crippen MR) is 157 cm³/mol. The zero-order chi connectivity index (χ0) is 29.8. The summed E-state index contributed by atoms with van der Waals surface area (Å²) >= 11 is 0. The van der Waals surface area contributed by atoms with Gasteiger partial charge in [-0.25, -0.2) is 0 Å². The molecule has 10 heteroatoms. The van der Waals surface area contributed by atoms with Crippen LogP contribution in [0.5, 0.6) is 11.5 Å². The number of para-hydroxylation sites is 1. The lowest BCUT2D eigenvalue weighted by Gasteiger charge is -2.40. The average Bonchev–Trinajstić information content (AvgIpc) is 3.61. The summed E-state index contributed by atoms with van der Waals surface area (Å²) in [5.74, 6) is -0.651. The SMILES string of the molecule is CCC=CC(=O)N(CCc1cc2ccccc2[nH]1)[C@@H]1C=C(C(=O)NCCO)[C@@H]2c3cc(CO)cc(OC)c3O[C@@H]2[C@H]1O. The third kappa shape index (κ3) is 5.65. The Morgan fingerprint density at radius 3 is 2.71 bits per heavy atom. The van der Waals surface area contributed by atoms with Crippen LogP contribution in [0.3, 0.4) is 0 Å². The molecule has 222 valence electrons. The van der Waals surface area contributed by atoms with Gasteiger partial charge in [-0.2, -0.15) is 0 Å². The summed E-state index contributed by atoms with van der Waals surface area (Å²) in [7, 11) is 1.48. The predicted octanol–water partition coefficient (Wildman–Crippen LogP) is 2.33. The van der Waals surface area contributed by atoms with Crippen LogP contribution in [-0.2, 0) is 22.6 Å². The second kappa shape index (κ2) is 12.8. The maximum absolute atomic E-state index is 13.5. The van der Waals surface area contributed by atoms with Gasteiger partial charge in [0.2, 0.25) is 11.8 Å². The first-order chi connectivity index (χ1) is 20.4. The van der Waals surface area contributed by atoms with Crippen molar-refractivity contribution in [2.75, 3.05) is 26.8 Å². The lowest BCUT2D eigenvalue weighted by atomic mass is 9.77. The van der Waals surface area contributed by atoms with Crippen molar-refractivity contribution in [3.63, 3.8) is 0 Å². The van der Waals surface area contributed by atoms with Crippen molar-refractivity contribution in [2.24, 2.45) is 0 Å². The molecule has 0 unspecified atom stereocenters. The normalized spacial score (nSPS) is 21.0. The largest absolute Gasteiger partial charge is 0.493 e. The van der Waals surface area contributed by atoms with Crippen LogP contribution in [-0.4, -0.2) is 82.1 Å². The number of aliphatic hydroxyl groups is 3. The van der Waals surface area contributed by atoms with Crippen LogP contribution in [0, 0.1) is 0 Å². The Bertz CT molecular complexity index is 1480. The maximum Gasteiger partial charge on any atom is 0.247 e. The van der Waals surface area contributed by atoms with E-state index in [1.165, 1.54) is 13.2 Å². The summed E-state index contributed by atoms with van der Waals surface area (Å²) in [4.78, 5) is 32.0. The van der Waals surface area contributed by atoms with Gasteiger partial charge in [0.1, 0.15) is 12.2 Å².